The van der Waals surface area contributed by atoms with Crippen LogP contribution in [0, 0.1) is 15.9 Å². The minimum atomic E-state index is -0.521. The monoisotopic (exact) mass is 277 g/mol. The molecule has 0 aliphatic carbocycles. The van der Waals surface area contributed by atoms with Crippen molar-refractivity contribution in [3.8, 4) is 11.5 Å². The predicted molar refractivity (Wildman–Crippen MR) is 70.5 cm³/mol. The second-order valence-corrected chi connectivity index (χ2v) is 3.85. The molecule has 0 saturated carbocycles. The molecule has 2 aromatic carbocycles. The lowest BCUT2D eigenvalue weighted by atomic mass is 10.3. The Morgan fingerprint density at radius 1 is 0.950 bits per heavy atom. The van der Waals surface area contributed by atoms with Crippen LogP contribution in [0.25, 0.3) is 0 Å². The van der Waals surface area contributed by atoms with Gasteiger partial charge in [-0.2, -0.15) is 0 Å². The summed E-state index contributed by atoms with van der Waals surface area (Å²) < 4.78 is 23.7. The molecule has 0 aliphatic rings. The summed E-state index contributed by atoms with van der Waals surface area (Å²) in [6, 6.07) is 12.1. The molecule has 0 N–H and O–H groups in total. The summed E-state index contributed by atoms with van der Waals surface area (Å²) >= 11 is 0. The molecule has 0 bridgehead atoms. The topological polar surface area (TPSA) is 61.6 Å². The van der Waals surface area contributed by atoms with Crippen LogP contribution in [0.5, 0.6) is 11.5 Å². The van der Waals surface area contributed by atoms with E-state index >= 15 is 0 Å². The highest BCUT2D eigenvalue weighted by molar-refractivity contribution is 5.45. The van der Waals surface area contributed by atoms with Crippen molar-refractivity contribution < 1.29 is 18.8 Å². The van der Waals surface area contributed by atoms with Crippen LogP contribution in [0.15, 0.2) is 48.5 Å². The Hall–Kier alpha value is -2.63. The molecule has 0 atom stereocenters. The first-order chi connectivity index (χ1) is 9.68. The third-order valence-corrected chi connectivity index (χ3v) is 2.50. The summed E-state index contributed by atoms with van der Waals surface area (Å²) in [5.74, 6) is -0.175. The maximum absolute atomic E-state index is 13.3. The van der Waals surface area contributed by atoms with Crippen molar-refractivity contribution in [2.75, 3.05) is 13.2 Å². The first kappa shape index (κ1) is 13.8. The Labute approximate surface area is 114 Å². The molecular weight excluding hydrogens is 265 g/mol. The summed E-state index contributed by atoms with van der Waals surface area (Å²) in [6.45, 7) is 0.173. The van der Waals surface area contributed by atoms with Crippen molar-refractivity contribution in [3.63, 3.8) is 0 Å². The Kier molecular flexibility index (Phi) is 4.49. The van der Waals surface area contributed by atoms with Crippen molar-refractivity contribution in [1.29, 1.82) is 0 Å². The predicted octanol–water partition coefficient (Wildman–Crippen LogP) is 3.19. The van der Waals surface area contributed by atoms with E-state index in [1.165, 1.54) is 24.3 Å². The molecule has 0 aliphatic heterocycles. The lowest BCUT2D eigenvalue weighted by Gasteiger charge is -2.08. The van der Waals surface area contributed by atoms with Gasteiger partial charge in [-0.1, -0.05) is 24.3 Å². The highest BCUT2D eigenvalue weighted by Gasteiger charge is 2.13. The lowest BCUT2D eigenvalue weighted by Crippen LogP contribution is -2.10. The van der Waals surface area contributed by atoms with Crippen LogP contribution < -0.4 is 9.47 Å². The van der Waals surface area contributed by atoms with E-state index in [9.17, 15) is 14.5 Å². The zero-order chi connectivity index (χ0) is 14.4. The number of nitrogens with zero attached hydrogens (tertiary/aromatic N) is 1. The molecule has 0 amide bonds. The Morgan fingerprint density at radius 2 is 1.50 bits per heavy atom. The van der Waals surface area contributed by atoms with Crippen LogP contribution in [0.1, 0.15) is 0 Å². The van der Waals surface area contributed by atoms with E-state index < -0.39 is 10.7 Å². The van der Waals surface area contributed by atoms with Crippen molar-refractivity contribution >= 4 is 5.69 Å². The van der Waals surface area contributed by atoms with Crippen molar-refractivity contribution in [1.82, 2.24) is 0 Å². The SMILES string of the molecule is O=[N+]([O-])c1ccccc1OCCOc1ccccc1F. The quantitative estimate of drug-likeness (QED) is 0.462. The number of para-hydroxylation sites is 3. The minimum absolute atomic E-state index is 0.0825. The number of hydrogen-bond donors (Lipinski definition) is 0. The summed E-state index contributed by atoms with van der Waals surface area (Å²) in [5, 5.41) is 10.8. The number of hydrogen-bond acceptors (Lipinski definition) is 4. The van der Waals surface area contributed by atoms with E-state index in [1.54, 1.807) is 24.3 Å². The van der Waals surface area contributed by atoms with Crippen molar-refractivity contribution in [2.24, 2.45) is 0 Å². The molecule has 5 nitrogen and oxygen atoms in total. The van der Waals surface area contributed by atoms with Crippen molar-refractivity contribution in [3.05, 3.63) is 64.5 Å². The molecule has 20 heavy (non-hydrogen) atoms. The Morgan fingerprint density at radius 3 is 2.15 bits per heavy atom. The maximum atomic E-state index is 13.3. The number of nitro benzene ring substituents is 1. The smallest absolute Gasteiger partial charge is 0.310 e. The average Bonchev–Trinajstić information content (AvgIpc) is 2.45. The van der Waals surface area contributed by atoms with Crippen LogP contribution in [-0.4, -0.2) is 18.1 Å². The average molecular weight is 277 g/mol. The molecular formula is C14H12FNO4. The molecule has 6 heteroatoms. The zero-order valence-electron chi connectivity index (χ0n) is 10.5. The van der Waals surface area contributed by atoms with Crippen LogP contribution in [0.2, 0.25) is 0 Å². The third kappa shape index (κ3) is 3.44. The first-order valence-electron chi connectivity index (χ1n) is 5.92. The summed E-state index contributed by atoms with van der Waals surface area (Å²) in [7, 11) is 0. The molecule has 2 aromatic rings. The fourth-order valence-electron chi connectivity index (χ4n) is 1.60. The molecule has 0 fully saturated rings. The number of rotatable bonds is 6. The van der Waals surface area contributed by atoms with Gasteiger partial charge in [-0.15, -0.1) is 0 Å². The van der Waals surface area contributed by atoms with Crippen molar-refractivity contribution in [2.45, 2.75) is 0 Å². The van der Waals surface area contributed by atoms with Gasteiger partial charge in [-0.25, -0.2) is 4.39 Å². The van der Waals surface area contributed by atoms with Gasteiger partial charge >= 0.3 is 5.69 Å². The van der Waals surface area contributed by atoms with Gasteiger partial charge in [0.15, 0.2) is 17.3 Å². The summed E-state index contributed by atoms with van der Waals surface area (Å²) in [6.07, 6.45) is 0. The first-order valence-corrected chi connectivity index (χ1v) is 5.92. The van der Waals surface area contributed by atoms with Gasteiger partial charge < -0.3 is 9.47 Å². The minimum Gasteiger partial charge on any atom is -0.487 e. The molecule has 0 spiro atoms. The van der Waals surface area contributed by atoms with Crippen LogP contribution in [0.4, 0.5) is 10.1 Å². The second kappa shape index (κ2) is 6.51. The lowest BCUT2D eigenvalue weighted by molar-refractivity contribution is -0.385. The normalized spacial score (nSPS) is 10.1. The van der Waals surface area contributed by atoms with Gasteiger partial charge in [0.05, 0.1) is 4.92 Å². The highest BCUT2D eigenvalue weighted by Crippen LogP contribution is 2.25. The standard InChI is InChI=1S/C14H12FNO4/c15-11-5-1-3-7-13(11)19-9-10-20-14-8-4-2-6-12(14)16(17)18/h1-8H,9-10H2. The number of benzene rings is 2. The van der Waals surface area contributed by atoms with E-state index in [4.69, 9.17) is 9.47 Å². The van der Waals surface area contributed by atoms with Gasteiger partial charge in [-0.3, -0.25) is 10.1 Å². The molecule has 104 valence electrons. The molecule has 0 aromatic heterocycles. The van der Waals surface area contributed by atoms with Crippen LogP contribution in [-0.2, 0) is 0 Å². The maximum Gasteiger partial charge on any atom is 0.310 e. The highest BCUT2D eigenvalue weighted by atomic mass is 19.1. The molecule has 0 unspecified atom stereocenters. The van der Waals surface area contributed by atoms with E-state index in [2.05, 4.69) is 0 Å². The molecule has 0 radical (unpaired) electrons. The third-order valence-electron chi connectivity index (χ3n) is 2.50. The van der Waals surface area contributed by atoms with Crippen LogP contribution in [0.3, 0.4) is 0 Å². The van der Waals surface area contributed by atoms with Gasteiger partial charge in [-0.05, 0) is 18.2 Å². The Bertz CT molecular complexity index is 603. The van der Waals surface area contributed by atoms with E-state index in [0.717, 1.165) is 0 Å². The number of halogens is 1. The molecule has 2 rings (SSSR count). The number of ether oxygens (including phenoxy) is 2. The molecule has 0 heterocycles. The zero-order valence-corrected chi connectivity index (χ0v) is 10.5. The van der Waals surface area contributed by atoms with Gasteiger partial charge in [0.25, 0.3) is 0 Å². The Balaban J connectivity index is 1.88. The van der Waals surface area contributed by atoms with E-state index in [0.29, 0.717) is 0 Å². The largest absolute Gasteiger partial charge is 0.487 e. The van der Waals surface area contributed by atoms with Crippen LogP contribution >= 0.6 is 0 Å². The second-order valence-electron chi connectivity index (χ2n) is 3.85. The summed E-state index contributed by atoms with van der Waals surface area (Å²) in [4.78, 5) is 10.2. The summed E-state index contributed by atoms with van der Waals surface area (Å²) in [5.41, 5.74) is -0.113. The molecule has 0 saturated heterocycles. The van der Waals surface area contributed by atoms with E-state index in [-0.39, 0.29) is 30.4 Å². The van der Waals surface area contributed by atoms with Gasteiger partial charge in [0, 0.05) is 6.07 Å². The van der Waals surface area contributed by atoms with Gasteiger partial charge in [0.2, 0.25) is 0 Å². The van der Waals surface area contributed by atoms with Gasteiger partial charge in [0.1, 0.15) is 13.2 Å². The number of nitro groups is 1. The fourth-order valence-corrected chi connectivity index (χ4v) is 1.60. The van der Waals surface area contributed by atoms with E-state index in [1.807, 2.05) is 0 Å². The fraction of sp³-hybridized carbons (Fsp3) is 0.143.